The lowest BCUT2D eigenvalue weighted by molar-refractivity contribution is 0.0730. The minimum absolute atomic E-state index is 0.170. The van der Waals surface area contributed by atoms with E-state index in [2.05, 4.69) is 15.5 Å². The van der Waals surface area contributed by atoms with E-state index < -0.39 is 15.9 Å². The predicted octanol–water partition coefficient (Wildman–Crippen LogP) is 1.70. The van der Waals surface area contributed by atoms with E-state index in [1.807, 2.05) is 12.1 Å². The highest BCUT2D eigenvalue weighted by molar-refractivity contribution is 7.89. The van der Waals surface area contributed by atoms with Crippen molar-refractivity contribution in [3.05, 3.63) is 60.0 Å². The molecule has 32 heavy (non-hydrogen) atoms. The molecule has 2 aromatic carbocycles. The van der Waals surface area contributed by atoms with Crippen LogP contribution in [0.3, 0.4) is 0 Å². The van der Waals surface area contributed by atoms with Gasteiger partial charge in [0, 0.05) is 25.2 Å². The molecule has 1 N–H and O–H groups in total. The molecule has 1 amide bonds. The third-order valence-corrected chi connectivity index (χ3v) is 6.87. The Hall–Kier alpha value is -3.28. The minimum atomic E-state index is -3.59. The van der Waals surface area contributed by atoms with Crippen molar-refractivity contribution < 1.29 is 27.2 Å². The first-order valence-corrected chi connectivity index (χ1v) is 11.3. The molecule has 0 aliphatic carbocycles. The van der Waals surface area contributed by atoms with Crippen molar-refractivity contribution in [3.63, 3.8) is 0 Å². The maximum absolute atomic E-state index is 12.7. The van der Waals surface area contributed by atoms with Gasteiger partial charge in [-0.15, -0.1) is 0 Å². The second-order valence-electron chi connectivity index (χ2n) is 6.99. The summed E-state index contributed by atoms with van der Waals surface area (Å²) < 4.78 is 42.2. The Kier molecular flexibility index (Phi) is 6.49. The number of ether oxygens (including phenoxy) is 2. The van der Waals surface area contributed by atoms with Gasteiger partial charge in [-0.3, -0.25) is 4.79 Å². The summed E-state index contributed by atoms with van der Waals surface area (Å²) in [6.45, 7) is 1.69. The van der Waals surface area contributed by atoms with Gasteiger partial charge in [-0.05, 0) is 42.0 Å². The van der Waals surface area contributed by atoms with Gasteiger partial charge in [0.15, 0.2) is 0 Å². The van der Waals surface area contributed by atoms with E-state index in [0.717, 1.165) is 11.3 Å². The zero-order valence-corrected chi connectivity index (χ0v) is 18.2. The lowest BCUT2D eigenvalue weighted by Gasteiger charge is -2.26. The van der Waals surface area contributed by atoms with Crippen molar-refractivity contribution in [1.82, 2.24) is 19.8 Å². The molecule has 1 fully saturated rings. The van der Waals surface area contributed by atoms with Crippen LogP contribution in [0.15, 0.2) is 57.9 Å². The Balaban J connectivity index is 1.40. The summed E-state index contributed by atoms with van der Waals surface area (Å²) in [5.41, 5.74) is 1.42. The Labute approximate surface area is 185 Å². The Morgan fingerprint density at radius 1 is 1.09 bits per heavy atom. The summed E-state index contributed by atoms with van der Waals surface area (Å²) in [5.74, 6) is 0.227. The SMILES string of the molecule is COc1ccc(CNC(=O)c2nc(-c3ccc(S(=O)(=O)N4CCOCC4)cc3)no2)cc1. The summed E-state index contributed by atoms with van der Waals surface area (Å²) in [6, 6.07) is 13.4. The Morgan fingerprint density at radius 3 is 2.44 bits per heavy atom. The molecule has 0 unspecified atom stereocenters. The average Bonchev–Trinajstić information content (AvgIpc) is 3.34. The molecule has 3 aromatic rings. The van der Waals surface area contributed by atoms with Crippen LogP contribution in [0.4, 0.5) is 0 Å². The lowest BCUT2D eigenvalue weighted by atomic mass is 10.2. The van der Waals surface area contributed by atoms with Crippen LogP contribution >= 0.6 is 0 Å². The number of methoxy groups -OCH3 is 1. The predicted molar refractivity (Wildman–Crippen MR) is 113 cm³/mol. The molecule has 10 nitrogen and oxygen atoms in total. The highest BCUT2D eigenvalue weighted by Gasteiger charge is 2.26. The number of nitrogens with zero attached hydrogens (tertiary/aromatic N) is 3. The first kappa shape index (κ1) is 21.9. The van der Waals surface area contributed by atoms with E-state index in [4.69, 9.17) is 14.0 Å². The molecule has 0 saturated carbocycles. The molecule has 0 bridgehead atoms. The highest BCUT2D eigenvalue weighted by Crippen LogP contribution is 2.22. The fourth-order valence-corrected chi connectivity index (χ4v) is 4.55. The number of nitrogens with one attached hydrogen (secondary N) is 1. The van der Waals surface area contributed by atoms with Crippen molar-refractivity contribution >= 4 is 15.9 Å². The Bertz CT molecular complexity index is 1170. The monoisotopic (exact) mass is 458 g/mol. The molecule has 2 heterocycles. The van der Waals surface area contributed by atoms with Gasteiger partial charge in [-0.25, -0.2) is 8.42 Å². The molecule has 0 radical (unpaired) electrons. The summed E-state index contributed by atoms with van der Waals surface area (Å²) in [4.78, 5) is 16.6. The molecule has 0 spiro atoms. The number of amides is 1. The minimum Gasteiger partial charge on any atom is -0.497 e. The molecule has 168 valence electrons. The van der Waals surface area contributed by atoms with Gasteiger partial charge in [0.25, 0.3) is 0 Å². The lowest BCUT2D eigenvalue weighted by Crippen LogP contribution is -2.40. The van der Waals surface area contributed by atoms with Crippen LogP contribution in [0, 0.1) is 0 Å². The van der Waals surface area contributed by atoms with E-state index >= 15 is 0 Å². The topological polar surface area (TPSA) is 124 Å². The van der Waals surface area contributed by atoms with Crippen LogP contribution in [0.2, 0.25) is 0 Å². The second-order valence-corrected chi connectivity index (χ2v) is 8.93. The van der Waals surface area contributed by atoms with Crippen molar-refractivity contribution in [3.8, 4) is 17.1 Å². The number of carbonyl (C=O) groups is 1. The zero-order valence-electron chi connectivity index (χ0n) is 17.4. The van der Waals surface area contributed by atoms with Gasteiger partial charge in [0.1, 0.15) is 5.75 Å². The quantitative estimate of drug-likeness (QED) is 0.567. The summed E-state index contributed by atoms with van der Waals surface area (Å²) in [7, 11) is -2.01. The van der Waals surface area contributed by atoms with E-state index in [1.54, 1.807) is 31.4 Å². The van der Waals surface area contributed by atoms with E-state index in [0.29, 0.717) is 31.9 Å². The smallest absolute Gasteiger partial charge is 0.316 e. The molecular formula is C21H22N4O6S. The van der Waals surface area contributed by atoms with Gasteiger partial charge in [0.2, 0.25) is 15.8 Å². The fraction of sp³-hybridized carbons (Fsp3) is 0.286. The number of aromatic nitrogens is 2. The van der Waals surface area contributed by atoms with Crippen molar-refractivity contribution in [2.45, 2.75) is 11.4 Å². The van der Waals surface area contributed by atoms with E-state index in [-0.39, 0.29) is 23.2 Å². The standard InChI is InChI=1S/C21H22N4O6S/c1-29-17-6-2-15(3-7-17)14-22-20(26)21-23-19(24-31-21)16-4-8-18(9-5-16)32(27,28)25-10-12-30-13-11-25/h2-9H,10-14H2,1H3,(H,22,26). The molecule has 1 aliphatic rings. The molecule has 4 rings (SSSR count). The van der Waals surface area contributed by atoms with Gasteiger partial charge >= 0.3 is 11.8 Å². The first-order valence-electron chi connectivity index (χ1n) is 9.90. The Morgan fingerprint density at radius 2 is 1.78 bits per heavy atom. The zero-order chi connectivity index (χ0) is 22.6. The van der Waals surface area contributed by atoms with Crippen LogP contribution in [0.5, 0.6) is 5.75 Å². The third kappa shape index (κ3) is 4.79. The summed E-state index contributed by atoms with van der Waals surface area (Å²) in [5, 5.41) is 6.54. The van der Waals surface area contributed by atoms with Crippen LogP contribution in [-0.4, -0.2) is 62.2 Å². The average molecular weight is 458 g/mol. The number of morpholine rings is 1. The molecule has 11 heteroatoms. The second kappa shape index (κ2) is 9.47. The van der Waals surface area contributed by atoms with Crippen LogP contribution in [-0.2, 0) is 21.3 Å². The number of hydrogen-bond donors (Lipinski definition) is 1. The van der Waals surface area contributed by atoms with Gasteiger partial charge in [-0.1, -0.05) is 17.3 Å². The number of sulfonamides is 1. The van der Waals surface area contributed by atoms with Crippen molar-refractivity contribution in [2.24, 2.45) is 0 Å². The molecule has 0 atom stereocenters. The summed E-state index contributed by atoms with van der Waals surface area (Å²) >= 11 is 0. The van der Waals surface area contributed by atoms with Crippen molar-refractivity contribution in [2.75, 3.05) is 33.4 Å². The van der Waals surface area contributed by atoms with Crippen LogP contribution < -0.4 is 10.1 Å². The largest absolute Gasteiger partial charge is 0.497 e. The van der Waals surface area contributed by atoms with Crippen LogP contribution in [0.1, 0.15) is 16.2 Å². The molecule has 1 aliphatic heterocycles. The van der Waals surface area contributed by atoms with Gasteiger partial charge in [0.05, 0.1) is 25.2 Å². The van der Waals surface area contributed by atoms with E-state index in [9.17, 15) is 13.2 Å². The van der Waals surface area contributed by atoms with Crippen molar-refractivity contribution in [1.29, 1.82) is 0 Å². The summed E-state index contributed by atoms with van der Waals surface area (Å²) in [6.07, 6.45) is 0. The maximum atomic E-state index is 12.7. The molecular weight excluding hydrogens is 436 g/mol. The van der Waals surface area contributed by atoms with Gasteiger partial charge < -0.3 is 19.3 Å². The maximum Gasteiger partial charge on any atom is 0.316 e. The first-order chi connectivity index (χ1) is 15.5. The number of rotatable bonds is 7. The van der Waals surface area contributed by atoms with E-state index in [1.165, 1.54) is 16.4 Å². The number of carbonyl (C=O) groups excluding carboxylic acids is 1. The number of hydrogen-bond acceptors (Lipinski definition) is 8. The molecule has 1 saturated heterocycles. The highest BCUT2D eigenvalue weighted by atomic mass is 32.2. The number of benzene rings is 2. The van der Waals surface area contributed by atoms with Crippen LogP contribution in [0.25, 0.3) is 11.4 Å². The fourth-order valence-electron chi connectivity index (χ4n) is 3.15. The normalized spacial score (nSPS) is 14.8. The third-order valence-electron chi connectivity index (χ3n) is 4.95. The van der Waals surface area contributed by atoms with Gasteiger partial charge in [-0.2, -0.15) is 9.29 Å². The molecule has 1 aromatic heterocycles.